The molecule has 0 amide bonds. The third-order valence-electron chi connectivity index (χ3n) is 2.87. The van der Waals surface area contributed by atoms with Gasteiger partial charge in [0.25, 0.3) is 0 Å². The van der Waals surface area contributed by atoms with Crippen molar-refractivity contribution >= 4 is 22.6 Å². The van der Waals surface area contributed by atoms with Gasteiger partial charge in [-0.25, -0.2) is 0 Å². The van der Waals surface area contributed by atoms with E-state index in [2.05, 4.69) is 0 Å². The number of carbonyl (C=O) groups excluding carboxylic acids is 2. The summed E-state index contributed by atoms with van der Waals surface area (Å²) in [6, 6.07) is 9.42. The minimum absolute atomic E-state index is 0.0475. The smallest absolute Gasteiger partial charge is 0.235 e. The molecule has 1 aromatic carbocycles. The van der Waals surface area contributed by atoms with Crippen LogP contribution in [0.1, 0.15) is 18.4 Å². The van der Waals surface area contributed by atoms with Crippen LogP contribution in [-0.4, -0.2) is 11.0 Å². The van der Waals surface area contributed by atoms with Crippen molar-refractivity contribution in [2.24, 2.45) is 5.41 Å². The van der Waals surface area contributed by atoms with Crippen molar-refractivity contribution < 1.29 is 9.59 Å². The molecule has 0 bridgehead atoms. The van der Waals surface area contributed by atoms with E-state index in [1.54, 1.807) is 0 Å². The zero-order valence-electron chi connectivity index (χ0n) is 8.20. The average Bonchev–Trinajstić information content (AvgIpc) is 2.99. The molecule has 1 saturated carbocycles. The number of hydrogen-bond acceptors (Lipinski definition) is 2. The molecule has 2 nitrogen and oxygen atoms in total. The van der Waals surface area contributed by atoms with E-state index in [1.807, 2.05) is 30.3 Å². The molecule has 0 aliphatic heterocycles. The first-order valence-electron chi connectivity index (χ1n) is 4.92. The van der Waals surface area contributed by atoms with Crippen molar-refractivity contribution in [3.05, 3.63) is 35.9 Å². The maximum atomic E-state index is 11.8. The van der Waals surface area contributed by atoms with Crippen LogP contribution in [0.2, 0.25) is 0 Å². The Morgan fingerprint density at radius 1 is 1.20 bits per heavy atom. The summed E-state index contributed by atoms with van der Waals surface area (Å²) in [6.07, 6.45) is 1.53. The molecule has 0 radical (unpaired) electrons. The summed E-state index contributed by atoms with van der Waals surface area (Å²) in [5.41, 5.74) is 0.0869. The van der Waals surface area contributed by atoms with Crippen LogP contribution in [0.3, 0.4) is 0 Å². The number of benzene rings is 1. The van der Waals surface area contributed by atoms with Gasteiger partial charge in [-0.15, -0.1) is 0 Å². The number of hydrogen-bond donors (Lipinski definition) is 0. The van der Waals surface area contributed by atoms with Crippen LogP contribution in [0.15, 0.2) is 30.3 Å². The van der Waals surface area contributed by atoms with Gasteiger partial charge in [-0.2, -0.15) is 0 Å². The van der Waals surface area contributed by atoms with Crippen LogP contribution in [0.4, 0.5) is 0 Å². The number of carbonyl (C=O) groups is 2. The Kier molecular flexibility index (Phi) is 2.61. The highest BCUT2D eigenvalue weighted by Crippen LogP contribution is 2.49. The minimum Gasteiger partial charge on any atom is -0.298 e. The molecular formula is C12H11ClO2. The maximum Gasteiger partial charge on any atom is 0.235 e. The first-order valence-corrected chi connectivity index (χ1v) is 5.30. The van der Waals surface area contributed by atoms with Gasteiger partial charge < -0.3 is 0 Å². The molecule has 0 spiro atoms. The summed E-state index contributed by atoms with van der Waals surface area (Å²) in [6.45, 7) is 0. The molecule has 1 aliphatic rings. The fourth-order valence-electron chi connectivity index (χ4n) is 1.66. The SMILES string of the molecule is O=C(Cl)C1(C(=O)Cc2ccccc2)CC1. The lowest BCUT2D eigenvalue weighted by atomic mass is 9.96. The van der Waals surface area contributed by atoms with Gasteiger partial charge in [0.05, 0.1) is 0 Å². The lowest BCUT2D eigenvalue weighted by Crippen LogP contribution is -2.23. The lowest BCUT2D eigenvalue weighted by Gasteiger charge is -2.07. The molecule has 1 aromatic rings. The van der Waals surface area contributed by atoms with Gasteiger partial charge in [-0.3, -0.25) is 9.59 Å². The topological polar surface area (TPSA) is 34.1 Å². The molecule has 0 aromatic heterocycles. The Morgan fingerprint density at radius 3 is 2.27 bits per heavy atom. The van der Waals surface area contributed by atoms with Crippen LogP contribution in [-0.2, 0) is 16.0 Å². The molecule has 15 heavy (non-hydrogen) atoms. The standard InChI is InChI=1S/C12H11ClO2/c13-11(15)12(6-7-12)10(14)8-9-4-2-1-3-5-9/h1-5H,6-8H2. The molecule has 78 valence electrons. The van der Waals surface area contributed by atoms with Crippen molar-refractivity contribution in [1.82, 2.24) is 0 Å². The zero-order chi connectivity index (χ0) is 10.9. The fraction of sp³-hybridized carbons (Fsp3) is 0.333. The van der Waals surface area contributed by atoms with Crippen LogP contribution in [0.25, 0.3) is 0 Å². The lowest BCUT2D eigenvalue weighted by molar-refractivity contribution is -0.130. The molecule has 0 heterocycles. The van der Waals surface area contributed by atoms with E-state index in [9.17, 15) is 9.59 Å². The van der Waals surface area contributed by atoms with E-state index in [0.717, 1.165) is 5.56 Å². The van der Waals surface area contributed by atoms with Crippen LogP contribution in [0.5, 0.6) is 0 Å². The van der Waals surface area contributed by atoms with E-state index < -0.39 is 10.7 Å². The second-order valence-corrected chi connectivity index (χ2v) is 4.28. The molecule has 3 heteroatoms. The third kappa shape index (κ3) is 1.95. The Balaban J connectivity index is 2.08. The van der Waals surface area contributed by atoms with Gasteiger partial charge in [0, 0.05) is 6.42 Å². The first-order chi connectivity index (χ1) is 7.15. The maximum absolute atomic E-state index is 11.8. The predicted molar refractivity (Wildman–Crippen MR) is 57.7 cm³/mol. The molecule has 0 unspecified atom stereocenters. The summed E-state index contributed by atoms with van der Waals surface area (Å²) >= 11 is 5.43. The normalized spacial score (nSPS) is 17.1. The fourth-order valence-corrected chi connectivity index (χ4v) is 1.95. The second-order valence-electron chi connectivity index (χ2n) is 3.94. The monoisotopic (exact) mass is 222 g/mol. The zero-order valence-corrected chi connectivity index (χ0v) is 8.96. The summed E-state index contributed by atoms with van der Waals surface area (Å²) in [5, 5.41) is -0.497. The van der Waals surface area contributed by atoms with Crippen LogP contribution in [0, 0.1) is 5.41 Å². The van der Waals surface area contributed by atoms with Crippen molar-refractivity contribution in [3.8, 4) is 0 Å². The number of rotatable bonds is 4. The van der Waals surface area contributed by atoms with Gasteiger partial charge in [0.2, 0.25) is 5.24 Å². The molecular weight excluding hydrogens is 212 g/mol. The van der Waals surface area contributed by atoms with E-state index in [-0.39, 0.29) is 5.78 Å². The Bertz CT molecular complexity index is 393. The quantitative estimate of drug-likeness (QED) is 0.579. The molecule has 0 N–H and O–H groups in total. The van der Waals surface area contributed by atoms with Gasteiger partial charge in [0.15, 0.2) is 5.78 Å². The van der Waals surface area contributed by atoms with Crippen molar-refractivity contribution in [3.63, 3.8) is 0 Å². The Morgan fingerprint density at radius 2 is 1.80 bits per heavy atom. The molecule has 0 atom stereocenters. The van der Waals surface area contributed by atoms with E-state index in [4.69, 9.17) is 11.6 Å². The van der Waals surface area contributed by atoms with Crippen molar-refractivity contribution in [2.45, 2.75) is 19.3 Å². The predicted octanol–water partition coefficient (Wildman–Crippen LogP) is 2.34. The number of Topliss-reactive ketones (excluding diaryl/α,β-unsaturated/α-hetero) is 1. The highest BCUT2D eigenvalue weighted by atomic mass is 35.5. The number of ketones is 1. The summed E-state index contributed by atoms with van der Waals surface area (Å²) in [5.74, 6) is -0.0475. The summed E-state index contributed by atoms with van der Waals surface area (Å²) < 4.78 is 0. The van der Waals surface area contributed by atoms with Crippen molar-refractivity contribution in [1.29, 1.82) is 0 Å². The van der Waals surface area contributed by atoms with Gasteiger partial charge >= 0.3 is 0 Å². The van der Waals surface area contributed by atoms with Gasteiger partial charge in [-0.1, -0.05) is 30.3 Å². The van der Waals surface area contributed by atoms with Crippen LogP contribution < -0.4 is 0 Å². The first kappa shape index (κ1) is 10.4. The van der Waals surface area contributed by atoms with E-state index >= 15 is 0 Å². The molecule has 0 saturated heterocycles. The average molecular weight is 223 g/mol. The third-order valence-corrected chi connectivity index (χ3v) is 3.23. The van der Waals surface area contributed by atoms with E-state index in [1.165, 1.54) is 0 Å². The Hall–Kier alpha value is -1.15. The minimum atomic E-state index is -0.850. The molecule has 1 aliphatic carbocycles. The Labute approximate surface area is 93.2 Å². The van der Waals surface area contributed by atoms with Gasteiger partial charge in [0.1, 0.15) is 5.41 Å². The molecule has 1 fully saturated rings. The largest absolute Gasteiger partial charge is 0.298 e. The highest BCUT2D eigenvalue weighted by Gasteiger charge is 2.54. The summed E-state index contributed by atoms with van der Waals surface area (Å²) in [4.78, 5) is 22.9. The second kappa shape index (κ2) is 3.78. The highest BCUT2D eigenvalue weighted by molar-refractivity contribution is 6.67. The molecule has 2 rings (SSSR count). The number of halogens is 1. The van der Waals surface area contributed by atoms with Gasteiger partial charge in [-0.05, 0) is 30.0 Å². The van der Waals surface area contributed by atoms with Crippen LogP contribution >= 0.6 is 11.6 Å². The summed E-state index contributed by atoms with van der Waals surface area (Å²) in [7, 11) is 0. The van der Waals surface area contributed by atoms with E-state index in [0.29, 0.717) is 19.3 Å². The van der Waals surface area contributed by atoms with Crippen molar-refractivity contribution in [2.75, 3.05) is 0 Å².